The Kier molecular flexibility index (Phi) is 4.02. The Morgan fingerprint density at radius 1 is 1.05 bits per heavy atom. The first kappa shape index (κ1) is 14.5. The highest BCUT2D eigenvalue weighted by atomic mass is 16.5. The lowest BCUT2D eigenvalue weighted by molar-refractivity contribution is 0.185. The van der Waals surface area contributed by atoms with E-state index in [0.29, 0.717) is 18.3 Å². The largest absolute Gasteiger partial charge is 0.380 e. The van der Waals surface area contributed by atoms with E-state index >= 15 is 0 Å². The van der Waals surface area contributed by atoms with Gasteiger partial charge in [0.05, 0.1) is 6.61 Å². The normalized spacial score (nSPS) is 10.9. The number of benzene rings is 2. The molecular formula is C18H18N2O2. The Morgan fingerprint density at radius 3 is 2.55 bits per heavy atom. The van der Waals surface area contributed by atoms with Crippen LogP contribution >= 0.6 is 0 Å². The van der Waals surface area contributed by atoms with Gasteiger partial charge in [0.1, 0.15) is 0 Å². The van der Waals surface area contributed by atoms with E-state index in [9.17, 15) is 0 Å². The summed E-state index contributed by atoms with van der Waals surface area (Å²) in [5, 5.41) is 3.85. The van der Waals surface area contributed by atoms with Crippen molar-refractivity contribution in [1.82, 2.24) is 10.1 Å². The topological polar surface area (TPSA) is 48.2 Å². The van der Waals surface area contributed by atoms with Gasteiger partial charge in [-0.2, -0.15) is 4.98 Å². The first-order valence-electron chi connectivity index (χ1n) is 7.17. The molecule has 3 rings (SSSR count). The molecule has 0 N–H and O–H groups in total. The standard InChI is InChI=1S/C18H18N2O2/c1-12-6-4-5-7-16(12)17-9-8-14(10-15(17)11-21-3)18-19-13(2)20-22-18/h4-10H,11H2,1-3H3. The van der Waals surface area contributed by atoms with E-state index < -0.39 is 0 Å². The highest BCUT2D eigenvalue weighted by molar-refractivity contribution is 5.73. The Hall–Kier alpha value is -2.46. The predicted octanol–water partition coefficient (Wildman–Crippen LogP) is 4.17. The molecule has 0 spiro atoms. The lowest BCUT2D eigenvalue weighted by Gasteiger charge is -2.12. The van der Waals surface area contributed by atoms with Crippen LogP contribution in [0.25, 0.3) is 22.6 Å². The fraction of sp³-hybridized carbons (Fsp3) is 0.222. The van der Waals surface area contributed by atoms with Crippen molar-refractivity contribution in [2.24, 2.45) is 0 Å². The van der Waals surface area contributed by atoms with Gasteiger partial charge >= 0.3 is 0 Å². The van der Waals surface area contributed by atoms with Gasteiger partial charge in [-0.3, -0.25) is 0 Å². The molecule has 1 aromatic heterocycles. The molecule has 2 aromatic carbocycles. The number of rotatable bonds is 4. The lowest BCUT2D eigenvalue weighted by Crippen LogP contribution is -1.95. The lowest BCUT2D eigenvalue weighted by atomic mass is 9.95. The van der Waals surface area contributed by atoms with Crippen molar-refractivity contribution in [2.75, 3.05) is 7.11 Å². The number of aryl methyl sites for hydroxylation is 2. The Balaban J connectivity index is 2.10. The molecule has 0 radical (unpaired) electrons. The van der Waals surface area contributed by atoms with Crippen LogP contribution in [0.15, 0.2) is 47.0 Å². The Labute approximate surface area is 129 Å². The predicted molar refractivity (Wildman–Crippen MR) is 85.4 cm³/mol. The minimum absolute atomic E-state index is 0.532. The summed E-state index contributed by atoms with van der Waals surface area (Å²) in [6.45, 7) is 4.45. The molecule has 0 fully saturated rings. The van der Waals surface area contributed by atoms with Crippen LogP contribution in [0.2, 0.25) is 0 Å². The number of ether oxygens (including phenoxy) is 1. The summed E-state index contributed by atoms with van der Waals surface area (Å²) in [5.41, 5.74) is 5.62. The second-order valence-electron chi connectivity index (χ2n) is 5.27. The van der Waals surface area contributed by atoms with E-state index in [-0.39, 0.29) is 0 Å². The van der Waals surface area contributed by atoms with Gasteiger partial charge in [-0.1, -0.05) is 35.5 Å². The summed E-state index contributed by atoms with van der Waals surface area (Å²) < 4.78 is 10.6. The van der Waals surface area contributed by atoms with E-state index in [2.05, 4.69) is 41.3 Å². The van der Waals surface area contributed by atoms with Crippen LogP contribution in [0.1, 0.15) is 17.0 Å². The molecule has 0 atom stereocenters. The van der Waals surface area contributed by atoms with Crippen molar-refractivity contribution < 1.29 is 9.26 Å². The maximum Gasteiger partial charge on any atom is 0.257 e. The molecule has 4 nitrogen and oxygen atoms in total. The van der Waals surface area contributed by atoms with Gasteiger partial charge in [0.25, 0.3) is 5.89 Å². The summed E-state index contributed by atoms with van der Waals surface area (Å²) >= 11 is 0. The zero-order valence-corrected chi connectivity index (χ0v) is 13.0. The van der Waals surface area contributed by atoms with E-state index in [1.807, 2.05) is 25.1 Å². The summed E-state index contributed by atoms with van der Waals surface area (Å²) in [6, 6.07) is 14.5. The molecule has 4 heteroatoms. The van der Waals surface area contributed by atoms with E-state index in [0.717, 1.165) is 11.1 Å². The molecule has 0 aliphatic heterocycles. The van der Waals surface area contributed by atoms with Crippen LogP contribution in [-0.2, 0) is 11.3 Å². The molecule has 0 saturated heterocycles. The van der Waals surface area contributed by atoms with Gasteiger partial charge in [-0.15, -0.1) is 0 Å². The average molecular weight is 294 g/mol. The van der Waals surface area contributed by atoms with Crippen LogP contribution < -0.4 is 0 Å². The average Bonchev–Trinajstić information content (AvgIpc) is 2.95. The first-order chi connectivity index (χ1) is 10.7. The summed E-state index contributed by atoms with van der Waals surface area (Å²) in [6.07, 6.45) is 0. The van der Waals surface area contributed by atoms with Crippen LogP contribution in [0.5, 0.6) is 0 Å². The monoisotopic (exact) mass is 294 g/mol. The molecule has 1 heterocycles. The van der Waals surface area contributed by atoms with Gasteiger partial charge in [-0.05, 0) is 48.2 Å². The second-order valence-corrected chi connectivity index (χ2v) is 5.27. The number of hydrogen-bond acceptors (Lipinski definition) is 4. The third-order valence-corrected chi connectivity index (χ3v) is 3.61. The second kappa shape index (κ2) is 6.12. The summed E-state index contributed by atoms with van der Waals surface area (Å²) in [4.78, 5) is 4.28. The van der Waals surface area contributed by atoms with Crippen molar-refractivity contribution >= 4 is 0 Å². The third kappa shape index (κ3) is 2.78. The minimum Gasteiger partial charge on any atom is -0.380 e. The zero-order valence-electron chi connectivity index (χ0n) is 13.0. The van der Waals surface area contributed by atoms with Gasteiger partial charge in [0.15, 0.2) is 5.82 Å². The zero-order chi connectivity index (χ0) is 15.5. The van der Waals surface area contributed by atoms with Crippen molar-refractivity contribution in [2.45, 2.75) is 20.5 Å². The molecule has 0 saturated carbocycles. The number of methoxy groups -OCH3 is 1. The van der Waals surface area contributed by atoms with E-state index in [4.69, 9.17) is 9.26 Å². The molecule has 0 amide bonds. The van der Waals surface area contributed by atoms with Crippen LogP contribution in [0, 0.1) is 13.8 Å². The van der Waals surface area contributed by atoms with Crippen LogP contribution in [0.4, 0.5) is 0 Å². The molecule has 0 bridgehead atoms. The van der Waals surface area contributed by atoms with E-state index in [1.54, 1.807) is 7.11 Å². The highest BCUT2D eigenvalue weighted by Gasteiger charge is 2.12. The maximum absolute atomic E-state index is 5.36. The molecule has 112 valence electrons. The number of nitrogens with zero attached hydrogens (tertiary/aromatic N) is 2. The van der Waals surface area contributed by atoms with Crippen LogP contribution in [0.3, 0.4) is 0 Å². The Bertz CT molecular complexity index is 793. The van der Waals surface area contributed by atoms with Crippen molar-refractivity contribution in [3.05, 3.63) is 59.4 Å². The Morgan fingerprint density at radius 2 is 1.86 bits per heavy atom. The van der Waals surface area contributed by atoms with Gasteiger partial charge in [-0.25, -0.2) is 0 Å². The smallest absolute Gasteiger partial charge is 0.257 e. The van der Waals surface area contributed by atoms with Crippen molar-refractivity contribution in [3.63, 3.8) is 0 Å². The minimum atomic E-state index is 0.532. The number of aromatic nitrogens is 2. The number of hydrogen-bond donors (Lipinski definition) is 0. The molecule has 22 heavy (non-hydrogen) atoms. The third-order valence-electron chi connectivity index (χ3n) is 3.61. The highest BCUT2D eigenvalue weighted by Crippen LogP contribution is 2.30. The SMILES string of the molecule is COCc1cc(-c2nc(C)no2)ccc1-c1ccccc1C. The fourth-order valence-corrected chi connectivity index (χ4v) is 2.55. The van der Waals surface area contributed by atoms with Crippen molar-refractivity contribution in [3.8, 4) is 22.6 Å². The maximum atomic E-state index is 5.36. The van der Waals surface area contributed by atoms with Gasteiger partial charge < -0.3 is 9.26 Å². The summed E-state index contributed by atoms with van der Waals surface area (Å²) in [7, 11) is 1.70. The summed E-state index contributed by atoms with van der Waals surface area (Å²) in [5.74, 6) is 1.16. The van der Waals surface area contributed by atoms with Gasteiger partial charge in [0.2, 0.25) is 0 Å². The molecule has 0 unspecified atom stereocenters. The molecule has 0 aliphatic carbocycles. The van der Waals surface area contributed by atoms with E-state index in [1.165, 1.54) is 16.7 Å². The fourth-order valence-electron chi connectivity index (χ4n) is 2.55. The van der Waals surface area contributed by atoms with Gasteiger partial charge in [0, 0.05) is 12.7 Å². The quantitative estimate of drug-likeness (QED) is 0.724. The van der Waals surface area contributed by atoms with Crippen molar-refractivity contribution in [1.29, 1.82) is 0 Å². The first-order valence-corrected chi connectivity index (χ1v) is 7.17. The molecule has 0 aliphatic rings. The molecule has 3 aromatic rings. The van der Waals surface area contributed by atoms with Crippen LogP contribution in [-0.4, -0.2) is 17.3 Å². The molecular weight excluding hydrogens is 276 g/mol.